The van der Waals surface area contributed by atoms with Crippen molar-refractivity contribution in [3.8, 4) is 6.07 Å². The predicted octanol–water partition coefficient (Wildman–Crippen LogP) is 1.03. The summed E-state index contributed by atoms with van der Waals surface area (Å²) in [5, 5.41) is 19.7. The number of amides is 1. The molecule has 0 radical (unpaired) electrons. The maximum absolute atomic E-state index is 12.2. The van der Waals surface area contributed by atoms with E-state index in [2.05, 4.69) is 10.5 Å². The van der Waals surface area contributed by atoms with Crippen LogP contribution in [0.25, 0.3) is 0 Å². The molecule has 7 nitrogen and oxygen atoms in total. The quantitative estimate of drug-likeness (QED) is 0.434. The van der Waals surface area contributed by atoms with Crippen LogP contribution in [0.2, 0.25) is 0 Å². The third-order valence-corrected chi connectivity index (χ3v) is 3.58. The highest BCUT2D eigenvalue weighted by atomic mass is 16.2. The number of hydrogen-bond acceptors (Lipinski definition) is 5. The number of carbonyl (C=O) groups is 1. The topological polar surface area (TPSA) is 118 Å². The van der Waals surface area contributed by atoms with Gasteiger partial charge in [0.2, 0.25) is 5.71 Å². The monoisotopic (exact) mass is 282 g/mol. The van der Waals surface area contributed by atoms with Gasteiger partial charge in [-0.15, -0.1) is 0 Å². The predicted molar refractivity (Wildman–Crippen MR) is 77.9 cm³/mol. The molecular formula is C14H14N6O. The molecule has 1 heterocycles. The zero-order chi connectivity index (χ0) is 15.0. The molecule has 0 bridgehead atoms. The normalized spacial score (nSPS) is 17.4. The van der Waals surface area contributed by atoms with Gasteiger partial charge in [-0.05, 0) is 36.6 Å². The Balaban J connectivity index is 1.79. The van der Waals surface area contributed by atoms with Gasteiger partial charge < -0.3 is 10.6 Å². The molecule has 1 fully saturated rings. The van der Waals surface area contributed by atoms with Gasteiger partial charge in [-0.25, -0.2) is 0 Å². The summed E-state index contributed by atoms with van der Waals surface area (Å²) in [6.07, 6.45) is 2.17. The number of anilines is 1. The Bertz CT molecular complexity index is 698. The smallest absolute Gasteiger partial charge is 0.254 e. The van der Waals surface area contributed by atoms with Crippen molar-refractivity contribution in [2.24, 2.45) is 10.8 Å². The summed E-state index contributed by atoms with van der Waals surface area (Å²) in [5.74, 6) is -0.301. The van der Waals surface area contributed by atoms with E-state index in [9.17, 15) is 4.79 Å². The molecule has 0 saturated heterocycles. The molecule has 0 unspecified atom stereocenters. The fraction of sp³-hybridized carbons (Fsp3) is 0.286. The van der Waals surface area contributed by atoms with Crippen LogP contribution in [0.3, 0.4) is 0 Å². The molecule has 2 aliphatic rings. The lowest BCUT2D eigenvalue weighted by Crippen LogP contribution is -2.25. The number of nitrogens with two attached hydrogens (primary N) is 1. The lowest BCUT2D eigenvalue weighted by molar-refractivity contribution is 0.0766. The molecule has 1 aliphatic heterocycles. The van der Waals surface area contributed by atoms with Crippen LogP contribution in [0.1, 0.15) is 28.8 Å². The number of nitrogens with one attached hydrogen (secondary N) is 2. The van der Waals surface area contributed by atoms with Crippen molar-refractivity contribution in [3.05, 3.63) is 29.3 Å². The zero-order valence-corrected chi connectivity index (χ0v) is 11.3. The number of nitriles is 1. The Kier molecular flexibility index (Phi) is 3.06. The van der Waals surface area contributed by atoms with Gasteiger partial charge in [-0.2, -0.15) is 10.4 Å². The summed E-state index contributed by atoms with van der Waals surface area (Å²) in [6, 6.07) is 7.46. The standard InChI is InChI=1S/C14H14N6O/c15-6-12(13(16)17)19-18-9-1-4-11-8(5-9)7-20(14(11)21)10-2-3-10/h1,4-5,10,18H,2-3,7H2,(H3,16,17)/b19-12+. The summed E-state index contributed by atoms with van der Waals surface area (Å²) in [7, 11) is 0. The van der Waals surface area contributed by atoms with Crippen molar-refractivity contribution in [1.29, 1.82) is 10.7 Å². The summed E-state index contributed by atoms with van der Waals surface area (Å²) in [5.41, 5.74) is 10.1. The number of benzene rings is 1. The molecule has 4 N–H and O–H groups in total. The van der Waals surface area contributed by atoms with Gasteiger partial charge in [0, 0.05) is 18.2 Å². The Hall–Kier alpha value is -2.88. The van der Waals surface area contributed by atoms with E-state index >= 15 is 0 Å². The van der Waals surface area contributed by atoms with Crippen molar-refractivity contribution in [1.82, 2.24) is 4.90 Å². The molecule has 1 amide bonds. The highest BCUT2D eigenvalue weighted by Crippen LogP contribution is 2.35. The first-order chi connectivity index (χ1) is 10.1. The highest BCUT2D eigenvalue weighted by Gasteiger charge is 2.38. The van der Waals surface area contributed by atoms with E-state index in [0.29, 0.717) is 18.3 Å². The van der Waals surface area contributed by atoms with Crippen LogP contribution in [0.5, 0.6) is 0 Å². The Morgan fingerprint density at radius 2 is 2.29 bits per heavy atom. The van der Waals surface area contributed by atoms with Crippen molar-refractivity contribution >= 4 is 23.1 Å². The largest absolute Gasteiger partial charge is 0.382 e. The van der Waals surface area contributed by atoms with E-state index in [-0.39, 0.29) is 17.5 Å². The molecule has 1 aliphatic carbocycles. The molecule has 7 heteroatoms. The molecule has 1 aromatic rings. The molecule has 106 valence electrons. The lowest BCUT2D eigenvalue weighted by Gasteiger charge is -2.13. The maximum atomic E-state index is 12.2. The number of amidine groups is 1. The van der Waals surface area contributed by atoms with Gasteiger partial charge in [-0.3, -0.25) is 15.6 Å². The first-order valence-electron chi connectivity index (χ1n) is 6.62. The van der Waals surface area contributed by atoms with Gasteiger partial charge in [0.1, 0.15) is 6.07 Å². The summed E-state index contributed by atoms with van der Waals surface area (Å²) in [4.78, 5) is 14.1. The molecule has 21 heavy (non-hydrogen) atoms. The van der Waals surface area contributed by atoms with Crippen LogP contribution in [-0.4, -0.2) is 28.4 Å². The van der Waals surface area contributed by atoms with Crippen LogP contribution >= 0.6 is 0 Å². The second kappa shape index (κ2) is 4.90. The second-order valence-corrected chi connectivity index (χ2v) is 5.13. The van der Waals surface area contributed by atoms with E-state index < -0.39 is 0 Å². The van der Waals surface area contributed by atoms with E-state index in [1.165, 1.54) is 0 Å². The third kappa shape index (κ3) is 2.43. The fourth-order valence-electron chi connectivity index (χ4n) is 2.36. The van der Waals surface area contributed by atoms with Crippen LogP contribution < -0.4 is 11.2 Å². The number of hydrogen-bond donors (Lipinski definition) is 3. The maximum Gasteiger partial charge on any atom is 0.254 e. The van der Waals surface area contributed by atoms with Crippen LogP contribution in [0, 0.1) is 16.7 Å². The van der Waals surface area contributed by atoms with Gasteiger partial charge >= 0.3 is 0 Å². The second-order valence-electron chi connectivity index (χ2n) is 5.13. The number of fused-ring (bicyclic) bond motifs is 1. The van der Waals surface area contributed by atoms with Crippen molar-refractivity contribution < 1.29 is 4.79 Å². The van der Waals surface area contributed by atoms with Crippen molar-refractivity contribution in [3.63, 3.8) is 0 Å². The minimum absolute atomic E-state index is 0.0870. The van der Waals surface area contributed by atoms with E-state index in [1.54, 1.807) is 18.2 Å². The molecular weight excluding hydrogens is 268 g/mol. The Morgan fingerprint density at radius 3 is 2.90 bits per heavy atom. The first-order valence-corrected chi connectivity index (χ1v) is 6.62. The van der Waals surface area contributed by atoms with Crippen LogP contribution in [0.15, 0.2) is 23.3 Å². The minimum atomic E-state index is -0.388. The molecule has 1 aromatic carbocycles. The molecule has 0 aromatic heterocycles. The zero-order valence-electron chi connectivity index (χ0n) is 11.3. The number of rotatable bonds is 4. The van der Waals surface area contributed by atoms with Crippen LogP contribution in [-0.2, 0) is 6.54 Å². The lowest BCUT2D eigenvalue weighted by atomic mass is 10.1. The number of hydrazone groups is 1. The molecule has 3 rings (SSSR count). The number of nitrogens with zero attached hydrogens (tertiary/aromatic N) is 3. The average molecular weight is 282 g/mol. The van der Waals surface area contributed by atoms with E-state index in [0.717, 1.165) is 24.0 Å². The van der Waals surface area contributed by atoms with Crippen LogP contribution in [0.4, 0.5) is 5.69 Å². The van der Waals surface area contributed by atoms with Crippen molar-refractivity contribution in [2.45, 2.75) is 25.4 Å². The Labute approximate surface area is 121 Å². The van der Waals surface area contributed by atoms with Crippen molar-refractivity contribution in [2.75, 3.05) is 5.43 Å². The minimum Gasteiger partial charge on any atom is -0.382 e. The SMILES string of the molecule is N#C/C(=N\Nc1ccc2c(c1)CN(C1CC1)C2=O)C(=N)N. The molecule has 1 saturated carbocycles. The summed E-state index contributed by atoms with van der Waals surface area (Å²) >= 11 is 0. The average Bonchev–Trinajstić information content (AvgIpc) is 3.24. The highest BCUT2D eigenvalue weighted by molar-refractivity contribution is 6.45. The van der Waals surface area contributed by atoms with E-state index in [1.807, 2.05) is 11.0 Å². The number of carbonyl (C=O) groups excluding carboxylic acids is 1. The summed E-state index contributed by atoms with van der Waals surface area (Å²) in [6.45, 7) is 0.621. The fourth-order valence-corrected chi connectivity index (χ4v) is 2.36. The van der Waals surface area contributed by atoms with Gasteiger partial charge in [-0.1, -0.05) is 0 Å². The first kappa shape index (κ1) is 13.1. The third-order valence-electron chi connectivity index (χ3n) is 3.58. The molecule has 0 atom stereocenters. The Morgan fingerprint density at radius 1 is 1.52 bits per heavy atom. The van der Waals surface area contributed by atoms with E-state index in [4.69, 9.17) is 16.4 Å². The molecule has 0 spiro atoms. The van der Waals surface area contributed by atoms with Gasteiger partial charge in [0.05, 0.1) is 5.69 Å². The summed E-state index contributed by atoms with van der Waals surface area (Å²) < 4.78 is 0. The van der Waals surface area contributed by atoms with Gasteiger partial charge in [0.15, 0.2) is 5.84 Å². The van der Waals surface area contributed by atoms with Gasteiger partial charge in [0.25, 0.3) is 5.91 Å².